The van der Waals surface area contributed by atoms with Gasteiger partial charge in [0.15, 0.2) is 0 Å². The predicted molar refractivity (Wildman–Crippen MR) is 69.8 cm³/mol. The van der Waals surface area contributed by atoms with Crippen LogP contribution in [0.4, 0.5) is 4.79 Å². The van der Waals surface area contributed by atoms with Gasteiger partial charge in [-0.15, -0.1) is 11.6 Å². The van der Waals surface area contributed by atoms with Crippen molar-refractivity contribution in [3.63, 3.8) is 0 Å². The van der Waals surface area contributed by atoms with E-state index in [2.05, 4.69) is 25.1 Å². The number of carbonyl (C=O) groups excluding carboxylic acids is 1. The molecule has 0 unspecified atom stereocenters. The normalized spacial score (nSPS) is 24.2. The van der Waals surface area contributed by atoms with Gasteiger partial charge < -0.3 is 4.74 Å². The number of hydrogen-bond acceptors (Lipinski definition) is 2. The number of amides is 1. The Kier molecular flexibility index (Phi) is 2.94. The second-order valence-electron chi connectivity index (χ2n) is 4.90. The number of benzene rings is 1. The monoisotopic (exact) mass is 265 g/mol. The van der Waals surface area contributed by atoms with Crippen LogP contribution in [0.3, 0.4) is 0 Å². The SMILES string of the molecule is Cc1cccc2c1[C@H]1CC[C@@H]2N1C(=O)OCCCl. The molecule has 0 radical (unpaired) electrons. The van der Waals surface area contributed by atoms with Crippen molar-refractivity contribution in [1.82, 2.24) is 4.90 Å². The topological polar surface area (TPSA) is 29.5 Å². The third kappa shape index (κ3) is 1.61. The maximum absolute atomic E-state index is 12.1. The number of aryl methyl sites for hydroxylation is 1. The second kappa shape index (κ2) is 4.47. The highest BCUT2D eigenvalue weighted by Crippen LogP contribution is 2.54. The first-order valence-electron chi connectivity index (χ1n) is 6.34. The summed E-state index contributed by atoms with van der Waals surface area (Å²) < 4.78 is 5.18. The molecule has 0 aliphatic carbocycles. The molecule has 1 amide bonds. The number of fused-ring (bicyclic) bond motifs is 5. The second-order valence-corrected chi connectivity index (χ2v) is 5.28. The number of alkyl halides is 1. The summed E-state index contributed by atoms with van der Waals surface area (Å²) in [6, 6.07) is 6.72. The molecule has 18 heavy (non-hydrogen) atoms. The molecule has 4 heteroatoms. The molecule has 0 aromatic heterocycles. The van der Waals surface area contributed by atoms with Crippen molar-refractivity contribution in [1.29, 1.82) is 0 Å². The van der Waals surface area contributed by atoms with Crippen LogP contribution in [0.25, 0.3) is 0 Å². The lowest BCUT2D eigenvalue weighted by Gasteiger charge is -2.21. The van der Waals surface area contributed by atoms with Crippen LogP contribution < -0.4 is 0 Å². The van der Waals surface area contributed by atoms with Gasteiger partial charge in [0.2, 0.25) is 0 Å². The molecule has 1 fully saturated rings. The van der Waals surface area contributed by atoms with Gasteiger partial charge in [0, 0.05) is 0 Å². The van der Waals surface area contributed by atoms with Crippen LogP contribution in [0.15, 0.2) is 18.2 Å². The fraction of sp³-hybridized carbons (Fsp3) is 0.500. The van der Waals surface area contributed by atoms with E-state index in [1.54, 1.807) is 0 Å². The highest BCUT2D eigenvalue weighted by atomic mass is 35.5. The number of carbonyl (C=O) groups is 1. The van der Waals surface area contributed by atoms with E-state index in [9.17, 15) is 4.79 Å². The molecule has 2 bridgehead atoms. The van der Waals surface area contributed by atoms with Crippen LogP contribution in [0.1, 0.15) is 41.6 Å². The third-order valence-corrected chi connectivity index (χ3v) is 4.10. The van der Waals surface area contributed by atoms with Crippen LogP contribution in [-0.2, 0) is 4.74 Å². The van der Waals surface area contributed by atoms with E-state index < -0.39 is 0 Å². The molecule has 1 aromatic rings. The summed E-state index contributed by atoms with van der Waals surface area (Å²) in [5, 5.41) is 0. The number of ether oxygens (including phenoxy) is 1. The molecule has 0 N–H and O–H groups in total. The fourth-order valence-electron chi connectivity index (χ4n) is 3.30. The van der Waals surface area contributed by atoms with E-state index in [0.717, 1.165) is 12.8 Å². The molecular weight excluding hydrogens is 250 g/mol. The molecule has 96 valence electrons. The molecular formula is C14H16ClNO2. The van der Waals surface area contributed by atoms with Crippen molar-refractivity contribution >= 4 is 17.7 Å². The number of halogens is 1. The van der Waals surface area contributed by atoms with Crippen LogP contribution in [-0.4, -0.2) is 23.5 Å². The van der Waals surface area contributed by atoms with Crippen LogP contribution in [0.2, 0.25) is 0 Å². The summed E-state index contributed by atoms with van der Waals surface area (Å²) in [6.45, 7) is 2.40. The molecule has 1 aromatic carbocycles. The van der Waals surface area contributed by atoms with Gasteiger partial charge in [-0.05, 0) is 36.5 Å². The number of nitrogens with zero attached hydrogens (tertiary/aromatic N) is 1. The fourth-order valence-corrected chi connectivity index (χ4v) is 3.38. The lowest BCUT2D eigenvalue weighted by molar-refractivity contribution is 0.0950. The van der Waals surface area contributed by atoms with E-state index >= 15 is 0 Å². The quantitative estimate of drug-likeness (QED) is 0.765. The minimum atomic E-state index is -0.223. The van der Waals surface area contributed by atoms with Gasteiger partial charge in [-0.25, -0.2) is 4.79 Å². The average molecular weight is 266 g/mol. The molecule has 0 spiro atoms. The number of hydrogen-bond donors (Lipinski definition) is 0. The molecule has 2 aliphatic heterocycles. The lowest BCUT2D eigenvalue weighted by atomic mass is 9.89. The van der Waals surface area contributed by atoms with Gasteiger partial charge in [0.1, 0.15) is 6.61 Å². The largest absolute Gasteiger partial charge is 0.448 e. The summed E-state index contributed by atoms with van der Waals surface area (Å²) in [6.07, 6.45) is 1.86. The lowest BCUT2D eigenvalue weighted by Crippen LogP contribution is -2.29. The van der Waals surface area contributed by atoms with Crippen LogP contribution >= 0.6 is 11.6 Å². The summed E-state index contributed by atoms with van der Waals surface area (Å²) in [5.74, 6) is 0.348. The highest BCUT2D eigenvalue weighted by Gasteiger charge is 2.47. The maximum Gasteiger partial charge on any atom is 0.410 e. The van der Waals surface area contributed by atoms with Gasteiger partial charge in [0.25, 0.3) is 0 Å². The first-order chi connectivity index (χ1) is 8.74. The van der Waals surface area contributed by atoms with Crippen molar-refractivity contribution in [3.8, 4) is 0 Å². The minimum Gasteiger partial charge on any atom is -0.448 e. The predicted octanol–water partition coefficient (Wildman–Crippen LogP) is 3.56. The van der Waals surface area contributed by atoms with Gasteiger partial charge in [-0.3, -0.25) is 4.90 Å². The van der Waals surface area contributed by atoms with Crippen molar-refractivity contribution in [3.05, 3.63) is 34.9 Å². The van der Waals surface area contributed by atoms with Crippen LogP contribution in [0, 0.1) is 6.92 Å². The molecule has 0 saturated carbocycles. The van der Waals surface area contributed by atoms with E-state index in [-0.39, 0.29) is 24.8 Å². The summed E-state index contributed by atoms with van der Waals surface area (Å²) in [4.78, 5) is 14.0. The van der Waals surface area contributed by atoms with Crippen molar-refractivity contribution in [2.24, 2.45) is 0 Å². The summed E-state index contributed by atoms with van der Waals surface area (Å²) in [7, 11) is 0. The standard InChI is InChI=1S/C14H16ClNO2/c1-9-3-2-4-10-11-5-6-12(13(9)10)16(11)14(17)18-8-7-15/h2-4,11-12H,5-8H2,1H3/t11-,12+/m0/s1. The van der Waals surface area contributed by atoms with E-state index in [4.69, 9.17) is 16.3 Å². The Balaban J connectivity index is 1.90. The van der Waals surface area contributed by atoms with Crippen LogP contribution in [0.5, 0.6) is 0 Å². The van der Waals surface area contributed by atoms with E-state index in [1.807, 2.05) is 4.90 Å². The molecule has 3 nitrogen and oxygen atoms in total. The van der Waals surface area contributed by atoms with E-state index in [1.165, 1.54) is 16.7 Å². The highest BCUT2D eigenvalue weighted by molar-refractivity contribution is 6.18. The average Bonchev–Trinajstić information content (AvgIpc) is 2.93. The zero-order chi connectivity index (χ0) is 12.7. The Bertz CT molecular complexity index is 489. The van der Waals surface area contributed by atoms with Gasteiger partial charge in [0.05, 0.1) is 18.0 Å². The Hall–Kier alpha value is -1.22. The smallest absolute Gasteiger partial charge is 0.410 e. The Morgan fingerprint density at radius 2 is 2.22 bits per heavy atom. The molecule has 2 heterocycles. The summed E-state index contributed by atoms with van der Waals surface area (Å²) >= 11 is 5.56. The molecule has 2 atom stereocenters. The first kappa shape index (κ1) is 11.8. The zero-order valence-electron chi connectivity index (χ0n) is 10.4. The zero-order valence-corrected chi connectivity index (χ0v) is 11.1. The van der Waals surface area contributed by atoms with E-state index in [0.29, 0.717) is 5.88 Å². The maximum atomic E-state index is 12.1. The third-order valence-electron chi connectivity index (χ3n) is 3.95. The van der Waals surface area contributed by atoms with Crippen molar-refractivity contribution in [2.75, 3.05) is 12.5 Å². The molecule has 2 aliphatic rings. The number of rotatable bonds is 2. The van der Waals surface area contributed by atoms with Crippen molar-refractivity contribution < 1.29 is 9.53 Å². The van der Waals surface area contributed by atoms with Gasteiger partial charge in [-0.2, -0.15) is 0 Å². The Morgan fingerprint density at radius 3 is 2.94 bits per heavy atom. The minimum absolute atomic E-state index is 0.202. The van der Waals surface area contributed by atoms with Crippen molar-refractivity contribution in [2.45, 2.75) is 31.8 Å². The van der Waals surface area contributed by atoms with Gasteiger partial charge >= 0.3 is 6.09 Å². The Labute approximate surface area is 112 Å². The first-order valence-corrected chi connectivity index (χ1v) is 6.88. The molecule has 1 saturated heterocycles. The van der Waals surface area contributed by atoms with Gasteiger partial charge in [-0.1, -0.05) is 18.2 Å². The molecule has 3 rings (SSSR count). The Morgan fingerprint density at radius 1 is 1.44 bits per heavy atom. The summed E-state index contributed by atoms with van der Waals surface area (Å²) in [5.41, 5.74) is 3.90.